The summed E-state index contributed by atoms with van der Waals surface area (Å²) in [5.74, 6) is 3.00. The van der Waals surface area contributed by atoms with Crippen molar-refractivity contribution in [3.8, 4) is 12.3 Å². The second kappa shape index (κ2) is 5.63. The minimum Gasteiger partial charge on any atom is -0.383 e. The Morgan fingerprint density at radius 2 is 2.44 bits per heavy atom. The van der Waals surface area contributed by atoms with Crippen molar-refractivity contribution in [2.75, 3.05) is 18.5 Å². The molecule has 0 aliphatic heterocycles. The number of terminal acetylenes is 1. The van der Waals surface area contributed by atoms with Crippen molar-refractivity contribution in [3.05, 3.63) is 12.7 Å². The van der Waals surface area contributed by atoms with Gasteiger partial charge in [0.05, 0.1) is 18.6 Å². The molecule has 7 heteroatoms. The third kappa shape index (κ3) is 2.74. The molecule has 0 saturated heterocycles. The Hall–Kier alpha value is -2.62. The third-order valence-corrected chi connectivity index (χ3v) is 2.10. The average molecular weight is 244 g/mol. The molecule has 0 saturated carbocycles. The largest absolute Gasteiger partial charge is 0.383 e. The van der Waals surface area contributed by atoms with Gasteiger partial charge in [-0.2, -0.15) is 0 Å². The lowest BCUT2D eigenvalue weighted by atomic mass is 10.4. The molecule has 0 aliphatic rings. The van der Waals surface area contributed by atoms with Gasteiger partial charge in [0.1, 0.15) is 11.8 Å². The summed E-state index contributed by atoms with van der Waals surface area (Å²) in [6, 6.07) is 0. The summed E-state index contributed by atoms with van der Waals surface area (Å²) in [7, 11) is 0. The Morgan fingerprint density at radius 1 is 1.56 bits per heavy atom. The van der Waals surface area contributed by atoms with Crippen LogP contribution < -0.4 is 5.32 Å². The van der Waals surface area contributed by atoms with Crippen molar-refractivity contribution < 1.29 is 4.84 Å². The van der Waals surface area contributed by atoms with E-state index >= 15 is 0 Å². The second-order valence-electron chi connectivity index (χ2n) is 3.48. The molecule has 0 fully saturated rings. The maximum atomic E-state index is 5.04. The lowest BCUT2D eigenvalue weighted by Crippen LogP contribution is -2.12. The number of hydrogen-bond donors (Lipinski definition) is 2. The molecule has 0 aromatic carbocycles. The fraction of sp³-hybridized carbons (Fsp3) is 0.273. The fourth-order valence-electron chi connectivity index (χ4n) is 1.32. The molecule has 2 N–H and O–H groups in total. The van der Waals surface area contributed by atoms with Crippen LogP contribution in [-0.4, -0.2) is 38.8 Å². The number of aromatic nitrogens is 4. The minimum absolute atomic E-state index is 0.162. The molecule has 0 bridgehead atoms. The van der Waals surface area contributed by atoms with Crippen LogP contribution in [0.1, 0.15) is 6.92 Å². The van der Waals surface area contributed by atoms with Gasteiger partial charge in [0.15, 0.2) is 18.1 Å². The Bertz CT molecular complexity index is 597. The number of imidazole rings is 1. The van der Waals surface area contributed by atoms with Crippen LogP contribution in [0.5, 0.6) is 0 Å². The molecular formula is C11H12N6O. The molecule has 2 aromatic heterocycles. The SMILES string of the molecule is C#CCON=C(C)CNc1ncnc2nc[nH]c12. The van der Waals surface area contributed by atoms with Crippen LogP contribution in [0.2, 0.25) is 0 Å². The fourth-order valence-corrected chi connectivity index (χ4v) is 1.32. The first-order chi connectivity index (χ1) is 8.81. The third-order valence-electron chi connectivity index (χ3n) is 2.10. The Morgan fingerprint density at radius 3 is 3.28 bits per heavy atom. The van der Waals surface area contributed by atoms with Crippen molar-refractivity contribution in [1.29, 1.82) is 0 Å². The molecule has 2 heterocycles. The first-order valence-electron chi connectivity index (χ1n) is 5.28. The summed E-state index contributed by atoms with van der Waals surface area (Å²) in [5.41, 5.74) is 2.14. The Balaban J connectivity index is 2.00. The first kappa shape index (κ1) is 11.9. The predicted octanol–water partition coefficient (Wildman–Crippen LogP) is 0.790. The first-order valence-corrected chi connectivity index (χ1v) is 5.28. The summed E-state index contributed by atoms with van der Waals surface area (Å²) in [5, 5.41) is 6.95. The van der Waals surface area contributed by atoms with Gasteiger partial charge in [0.25, 0.3) is 0 Å². The average Bonchev–Trinajstić information content (AvgIpc) is 2.85. The zero-order valence-electron chi connectivity index (χ0n) is 9.84. The van der Waals surface area contributed by atoms with Crippen LogP contribution in [0.3, 0.4) is 0 Å². The van der Waals surface area contributed by atoms with Crippen molar-refractivity contribution in [3.63, 3.8) is 0 Å². The van der Waals surface area contributed by atoms with Gasteiger partial charge in [0, 0.05) is 0 Å². The van der Waals surface area contributed by atoms with E-state index in [1.54, 1.807) is 6.33 Å². The summed E-state index contributed by atoms with van der Waals surface area (Å²) < 4.78 is 0. The standard InChI is InChI=1S/C11H12N6O/c1-3-4-18-17-8(2)5-12-10-9-11(14-6-13-9)16-7-15-10/h1,6-7H,4-5H2,2H3,(H2,12,13,14,15,16). The van der Waals surface area contributed by atoms with Crippen LogP contribution in [0.15, 0.2) is 17.8 Å². The van der Waals surface area contributed by atoms with E-state index in [0.29, 0.717) is 18.0 Å². The van der Waals surface area contributed by atoms with E-state index in [1.165, 1.54) is 6.33 Å². The molecule has 92 valence electrons. The summed E-state index contributed by atoms with van der Waals surface area (Å²) in [6.45, 7) is 2.49. The van der Waals surface area contributed by atoms with Crippen molar-refractivity contribution >= 4 is 22.7 Å². The summed E-state index contributed by atoms with van der Waals surface area (Å²) in [4.78, 5) is 20.0. The zero-order valence-corrected chi connectivity index (χ0v) is 9.84. The molecule has 7 nitrogen and oxygen atoms in total. The van der Waals surface area contributed by atoms with Gasteiger partial charge in [-0.05, 0) is 6.92 Å². The van der Waals surface area contributed by atoms with Gasteiger partial charge < -0.3 is 15.1 Å². The van der Waals surface area contributed by atoms with Crippen molar-refractivity contribution in [1.82, 2.24) is 19.9 Å². The van der Waals surface area contributed by atoms with Crippen LogP contribution in [0.4, 0.5) is 5.82 Å². The zero-order chi connectivity index (χ0) is 12.8. The van der Waals surface area contributed by atoms with Gasteiger partial charge in [-0.1, -0.05) is 11.1 Å². The number of fused-ring (bicyclic) bond motifs is 1. The van der Waals surface area contributed by atoms with Crippen molar-refractivity contribution in [2.45, 2.75) is 6.92 Å². The van der Waals surface area contributed by atoms with Crippen LogP contribution in [0.25, 0.3) is 11.2 Å². The number of oxime groups is 1. The van der Waals surface area contributed by atoms with Gasteiger partial charge in [-0.25, -0.2) is 15.0 Å². The number of anilines is 1. The monoisotopic (exact) mass is 244 g/mol. The molecule has 18 heavy (non-hydrogen) atoms. The number of rotatable bonds is 5. The van der Waals surface area contributed by atoms with Gasteiger partial charge in [0.2, 0.25) is 0 Å². The summed E-state index contributed by atoms with van der Waals surface area (Å²) in [6.07, 6.45) is 8.06. The minimum atomic E-state index is 0.162. The van der Waals surface area contributed by atoms with Crippen molar-refractivity contribution in [2.24, 2.45) is 5.16 Å². The predicted molar refractivity (Wildman–Crippen MR) is 68.1 cm³/mol. The highest BCUT2D eigenvalue weighted by atomic mass is 16.6. The molecule has 0 spiro atoms. The number of aromatic amines is 1. The normalized spacial score (nSPS) is 11.2. The van der Waals surface area contributed by atoms with Gasteiger partial charge in [-0.15, -0.1) is 6.42 Å². The van der Waals surface area contributed by atoms with E-state index in [4.69, 9.17) is 11.3 Å². The molecule has 0 unspecified atom stereocenters. The van der Waals surface area contributed by atoms with Crippen LogP contribution in [-0.2, 0) is 4.84 Å². The van der Waals surface area contributed by atoms with Gasteiger partial charge in [-0.3, -0.25) is 0 Å². The van der Waals surface area contributed by atoms with E-state index in [9.17, 15) is 0 Å². The molecular weight excluding hydrogens is 232 g/mol. The Labute approximate surface area is 104 Å². The topological polar surface area (TPSA) is 88.1 Å². The molecule has 2 aromatic rings. The van der Waals surface area contributed by atoms with E-state index in [2.05, 4.69) is 36.3 Å². The number of hydrogen-bond acceptors (Lipinski definition) is 6. The van der Waals surface area contributed by atoms with Crippen LogP contribution in [0, 0.1) is 12.3 Å². The maximum Gasteiger partial charge on any atom is 0.182 e. The highest BCUT2D eigenvalue weighted by Crippen LogP contribution is 2.13. The second-order valence-corrected chi connectivity index (χ2v) is 3.48. The van der Waals surface area contributed by atoms with E-state index in [-0.39, 0.29) is 6.61 Å². The molecule has 0 radical (unpaired) electrons. The lowest BCUT2D eigenvalue weighted by molar-refractivity contribution is 0.179. The van der Waals surface area contributed by atoms with Crippen LogP contribution >= 0.6 is 0 Å². The summed E-state index contributed by atoms with van der Waals surface area (Å²) >= 11 is 0. The van der Waals surface area contributed by atoms with E-state index < -0.39 is 0 Å². The molecule has 0 amide bonds. The molecule has 0 atom stereocenters. The molecule has 0 aliphatic carbocycles. The maximum absolute atomic E-state index is 5.04. The highest BCUT2D eigenvalue weighted by Gasteiger charge is 2.05. The number of nitrogens with zero attached hydrogens (tertiary/aromatic N) is 4. The van der Waals surface area contributed by atoms with E-state index in [1.807, 2.05) is 6.92 Å². The quantitative estimate of drug-likeness (QED) is 0.351. The van der Waals surface area contributed by atoms with E-state index in [0.717, 1.165) is 11.2 Å². The highest BCUT2D eigenvalue weighted by molar-refractivity contribution is 5.88. The molecule has 2 rings (SSSR count). The van der Waals surface area contributed by atoms with Gasteiger partial charge >= 0.3 is 0 Å². The smallest absolute Gasteiger partial charge is 0.182 e. The lowest BCUT2D eigenvalue weighted by Gasteiger charge is -2.05. The number of nitrogens with one attached hydrogen (secondary N) is 2. The Kier molecular flexibility index (Phi) is 3.71. The number of H-pyrrole nitrogens is 1.